The van der Waals surface area contributed by atoms with Crippen molar-refractivity contribution in [1.29, 1.82) is 0 Å². The van der Waals surface area contributed by atoms with Gasteiger partial charge in [-0.25, -0.2) is 9.97 Å². The van der Waals surface area contributed by atoms with Gasteiger partial charge in [0.1, 0.15) is 5.52 Å². The van der Waals surface area contributed by atoms with Crippen LogP contribution in [-0.2, 0) is 0 Å². The van der Waals surface area contributed by atoms with E-state index in [9.17, 15) is 9.59 Å². The van der Waals surface area contributed by atoms with E-state index in [1.807, 2.05) is 43.0 Å². The predicted octanol–water partition coefficient (Wildman–Crippen LogP) is 3.00. The zero-order chi connectivity index (χ0) is 19.7. The number of nitrogens with one attached hydrogen (secondary N) is 2. The molecule has 28 heavy (non-hydrogen) atoms. The van der Waals surface area contributed by atoms with E-state index >= 15 is 0 Å². The van der Waals surface area contributed by atoms with E-state index in [1.165, 1.54) is 0 Å². The molecule has 144 valence electrons. The summed E-state index contributed by atoms with van der Waals surface area (Å²) in [5.41, 5.74) is 3.61. The number of amides is 2. The molecular formula is C21H23N5O2. The van der Waals surface area contributed by atoms with Crippen LogP contribution in [0.1, 0.15) is 47.4 Å². The Balaban J connectivity index is 1.68. The predicted molar refractivity (Wildman–Crippen MR) is 107 cm³/mol. The molecule has 3 aromatic rings. The first kappa shape index (κ1) is 18.2. The van der Waals surface area contributed by atoms with E-state index in [-0.39, 0.29) is 17.9 Å². The van der Waals surface area contributed by atoms with Crippen LogP contribution in [0.4, 0.5) is 0 Å². The van der Waals surface area contributed by atoms with E-state index in [1.54, 1.807) is 12.4 Å². The molecule has 4 rings (SSSR count). The van der Waals surface area contributed by atoms with Gasteiger partial charge in [-0.1, -0.05) is 12.1 Å². The smallest absolute Gasteiger partial charge is 0.255 e. The zero-order valence-electron chi connectivity index (χ0n) is 16.0. The summed E-state index contributed by atoms with van der Waals surface area (Å²) >= 11 is 0. The number of aromatic amines is 1. The van der Waals surface area contributed by atoms with Crippen LogP contribution < -0.4 is 5.32 Å². The molecule has 0 atom stereocenters. The Morgan fingerprint density at radius 1 is 1.21 bits per heavy atom. The van der Waals surface area contributed by atoms with Crippen molar-refractivity contribution in [1.82, 2.24) is 25.2 Å². The van der Waals surface area contributed by atoms with Gasteiger partial charge in [0.25, 0.3) is 11.8 Å². The van der Waals surface area contributed by atoms with Gasteiger partial charge in [-0.2, -0.15) is 0 Å². The SMILES string of the molecule is CC(C)NC(=O)c1c[nH]c2ncc(-c3cccc(C(=O)N4CCCC4)c3)nc12. The summed E-state index contributed by atoms with van der Waals surface area (Å²) in [5.74, 6) is -0.141. The standard InChI is InChI=1S/C21H23N5O2/c1-13(2)24-20(27)16-11-22-19-18(16)25-17(12-23-19)14-6-5-7-15(10-14)21(28)26-8-3-4-9-26/h5-7,10-13H,3-4,8-9H2,1-2H3,(H,22,23)(H,24,27). The number of hydrogen-bond donors (Lipinski definition) is 2. The highest BCUT2D eigenvalue weighted by atomic mass is 16.2. The summed E-state index contributed by atoms with van der Waals surface area (Å²) in [7, 11) is 0. The molecule has 1 saturated heterocycles. The topological polar surface area (TPSA) is 91.0 Å². The van der Waals surface area contributed by atoms with Crippen LogP contribution in [0, 0.1) is 0 Å². The van der Waals surface area contributed by atoms with Crippen LogP contribution in [0.5, 0.6) is 0 Å². The first-order chi connectivity index (χ1) is 13.5. The molecule has 2 aromatic heterocycles. The lowest BCUT2D eigenvalue weighted by Crippen LogP contribution is -2.29. The van der Waals surface area contributed by atoms with Gasteiger partial charge in [0.15, 0.2) is 5.65 Å². The first-order valence-corrected chi connectivity index (χ1v) is 9.57. The maximum absolute atomic E-state index is 12.7. The number of carbonyl (C=O) groups excluding carboxylic acids is 2. The molecule has 7 nitrogen and oxygen atoms in total. The van der Waals surface area contributed by atoms with Crippen LogP contribution in [0.2, 0.25) is 0 Å². The summed E-state index contributed by atoms with van der Waals surface area (Å²) in [6, 6.07) is 7.46. The number of H-pyrrole nitrogens is 1. The zero-order valence-corrected chi connectivity index (χ0v) is 16.0. The average Bonchev–Trinajstić information content (AvgIpc) is 3.36. The minimum atomic E-state index is -0.189. The molecule has 1 fully saturated rings. The van der Waals surface area contributed by atoms with Crippen LogP contribution >= 0.6 is 0 Å². The Labute approximate surface area is 163 Å². The molecule has 3 heterocycles. The lowest BCUT2D eigenvalue weighted by atomic mass is 10.1. The van der Waals surface area contributed by atoms with Crippen molar-refractivity contribution < 1.29 is 9.59 Å². The molecule has 2 N–H and O–H groups in total. The number of fused-ring (bicyclic) bond motifs is 1. The highest BCUT2D eigenvalue weighted by Crippen LogP contribution is 2.23. The van der Waals surface area contributed by atoms with E-state index < -0.39 is 0 Å². The van der Waals surface area contributed by atoms with Crippen molar-refractivity contribution in [2.45, 2.75) is 32.7 Å². The second kappa shape index (κ2) is 7.42. The molecular weight excluding hydrogens is 354 g/mol. The van der Waals surface area contributed by atoms with Gasteiger partial charge in [-0.05, 0) is 38.8 Å². The van der Waals surface area contributed by atoms with E-state index in [4.69, 9.17) is 0 Å². The molecule has 0 spiro atoms. The molecule has 0 aliphatic carbocycles. The molecule has 0 radical (unpaired) electrons. The van der Waals surface area contributed by atoms with Crippen molar-refractivity contribution in [3.8, 4) is 11.3 Å². The van der Waals surface area contributed by atoms with Crippen LogP contribution in [0.3, 0.4) is 0 Å². The Morgan fingerprint density at radius 2 is 2.00 bits per heavy atom. The van der Waals surface area contributed by atoms with Gasteiger partial charge in [0.2, 0.25) is 0 Å². The second-order valence-electron chi connectivity index (χ2n) is 7.36. The maximum atomic E-state index is 12.7. The molecule has 0 bridgehead atoms. The van der Waals surface area contributed by atoms with Crippen LogP contribution in [0.25, 0.3) is 22.4 Å². The number of benzene rings is 1. The van der Waals surface area contributed by atoms with E-state index in [0.29, 0.717) is 28.0 Å². The number of carbonyl (C=O) groups is 2. The fourth-order valence-electron chi connectivity index (χ4n) is 3.46. The summed E-state index contributed by atoms with van der Waals surface area (Å²) < 4.78 is 0. The first-order valence-electron chi connectivity index (χ1n) is 9.57. The van der Waals surface area contributed by atoms with Gasteiger partial charge >= 0.3 is 0 Å². The third-order valence-corrected chi connectivity index (χ3v) is 4.84. The van der Waals surface area contributed by atoms with Gasteiger partial charge in [0, 0.05) is 36.5 Å². The third-order valence-electron chi connectivity index (χ3n) is 4.84. The Kier molecular flexibility index (Phi) is 4.81. The lowest BCUT2D eigenvalue weighted by molar-refractivity contribution is 0.0792. The van der Waals surface area contributed by atoms with Crippen LogP contribution in [0.15, 0.2) is 36.7 Å². The summed E-state index contributed by atoms with van der Waals surface area (Å²) in [5, 5.41) is 2.87. The summed E-state index contributed by atoms with van der Waals surface area (Å²) in [4.78, 5) is 39.0. The van der Waals surface area contributed by atoms with E-state index in [0.717, 1.165) is 31.5 Å². The molecule has 0 saturated carbocycles. The minimum Gasteiger partial charge on any atom is -0.350 e. The summed E-state index contributed by atoms with van der Waals surface area (Å²) in [6.07, 6.45) is 5.40. The molecule has 1 aliphatic rings. The molecule has 7 heteroatoms. The largest absolute Gasteiger partial charge is 0.350 e. The molecule has 1 aliphatic heterocycles. The number of rotatable bonds is 4. The van der Waals surface area contributed by atoms with Crippen LogP contribution in [-0.4, -0.2) is 50.8 Å². The fourth-order valence-corrected chi connectivity index (χ4v) is 3.46. The molecule has 2 amide bonds. The van der Waals surface area contributed by atoms with Gasteiger partial charge in [-0.3, -0.25) is 9.59 Å². The van der Waals surface area contributed by atoms with Gasteiger partial charge in [0.05, 0.1) is 17.5 Å². The number of likely N-dealkylation sites (tertiary alicyclic amines) is 1. The minimum absolute atomic E-state index is 0.0295. The third kappa shape index (κ3) is 3.47. The Morgan fingerprint density at radius 3 is 2.75 bits per heavy atom. The van der Waals surface area contributed by atoms with Crippen molar-refractivity contribution in [2.24, 2.45) is 0 Å². The molecule has 0 unspecified atom stereocenters. The quantitative estimate of drug-likeness (QED) is 0.731. The van der Waals surface area contributed by atoms with Gasteiger partial charge < -0.3 is 15.2 Å². The Bertz CT molecular complexity index is 1030. The number of nitrogens with zero attached hydrogens (tertiary/aromatic N) is 3. The van der Waals surface area contributed by atoms with Gasteiger partial charge in [-0.15, -0.1) is 0 Å². The Hall–Kier alpha value is -3.22. The normalized spacial score (nSPS) is 14.0. The van der Waals surface area contributed by atoms with E-state index in [2.05, 4.69) is 20.3 Å². The van der Waals surface area contributed by atoms with Crippen molar-refractivity contribution in [2.75, 3.05) is 13.1 Å². The highest BCUT2D eigenvalue weighted by Gasteiger charge is 2.20. The lowest BCUT2D eigenvalue weighted by Gasteiger charge is -2.15. The van der Waals surface area contributed by atoms with Crippen molar-refractivity contribution >= 4 is 23.0 Å². The van der Waals surface area contributed by atoms with Crippen molar-refractivity contribution in [3.05, 3.63) is 47.8 Å². The number of aromatic nitrogens is 3. The second-order valence-corrected chi connectivity index (χ2v) is 7.36. The maximum Gasteiger partial charge on any atom is 0.255 e. The number of hydrogen-bond acceptors (Lipinski definition) is 4. The monoisotopic (exact) mass is 377 g/mol. The highest BCUT2D eigenvalue weighted by molar-refractivity contribution is 6.05. The average molecular weight is 377 g/mol. The van der Waals surface area contributed by atoms with Crippen molar-refractivity contribution in [3.63, 3.8) is 0 Å². The fraction of sp³-hybridized carbons (Fsp3) is 0.333. The molecule has 1 aromatic carbocycles. The summed E-state index contributed by atoms with van der Waals surface area (Å²) in [6.45, 7) is 5.44.